The fourth-order valence-electron chi connectivity index (χ4n) is 2.64. The highest BCUT2D eigenvalue weighted by Crippen LogP contribution is 2.13. The second-order valence-electron chi connectivity index (χ2n) is 6.67. The summed E-state index contributed by atoms with van der Waals surface area (Å²) >= 11 is 0. The minimum atomic E-state index is 0.685. The fraction of sp³-hybridized carbons (Fsp3) is 0.450. The number of hydrogen-bond acceptors (Lipinski definition) is 3. The van der Waals surface area contributed by atoms with Gasteiger partial charge in [0.1, 0.15) is 12.4 Å². The molecule has 0 spiro atoms. The van der Waals surface area contributed by atoms with Crippen LogP contribution in [0.2, 0.25) is 0 Å². The van der Waals surface area contributed by atoms with Crippen LogP contribution in [0.4, 0.5) is 0 Å². The first-order valence-electron chi connectivity index (χ1n) is 8.88. The summed E-state index contributed by atoms with van der Waals surface area (Å²) in [6.07, 6.45) is 2.06. The summed E-state index contributed by atoms with van der Waals surface area (Å²) in [5.74, 6) is 1.77. The van der Waals surface area contributed by atoms with Crippen molar-refractivity contribution in [3.63, 3.8) is 0 Å². The summed E-state index contributed by atoms with van der Waals surface area (Å²) in [7, 11) is 10.00. The number of guanidine groups is 1. The molecule has 0 aliphatic rings. The number of aliphatic imine (C=N–C) groups is 1. The van der Waals surface area contributed by atoms with Gasteiger partial charge in [0.25, 0.3) is 0 Å². The zero-order valence-corrected chi connectivity index (χ0v) is 16.6. The predicted octanol–water partition coefficient (Wildman–Crippen LogP) is 2.17. The van der Waals surface area contributed by atoms with Crippen molar-refractivity contribution >= 4 is 5.96 Å². The number of nitrogens with one attached hydrogen (secondary N) is 1. The van der Waals surface area contributed by atoms with E-state index >= 15 is 0 Å². The summed E-state index contributed by atoms with van der Waals surface area (Å²) in [6.45, 7) is 3.09. The average Bonchev–Trinajstić information content (AvgIpc) is 3.00. The minimum absolute atomic E-state index is 0.685. The van der Waals surface area contributed by atoms with E-state index in [1.807, 2.05) is 40.3 Å². The number of benzene rings is 1. The molecule has 0 saturated heterocycles. The Balaban J connectivity index is 1.88. The van der Waals surface area contributed by atoms with Crippen LogP contribution in [0.5, 0.6) is 5.75 Å². The molecule has 1 aromatic heterocycles. The molecule has 1 aromatic carbocycles. The number of nitrogens with zero attached hydrogens (tertiary/aromatic N) is 4. The molecule has 2 rings (SSSR count). The minimum Gasteiger partial charge on any atom is -0.492 e. The van der Waals surface area contributed by atoms with Gasteiger partial charge in [0.05, 0.1) is 6.54 Å². The van der Waals surface area contributed by atoms with Gasteiger partial charge in [-0.2, -0.15) is 0 Å². The maximum atomic E-state index is 5.81. The van der Waals surface area contributed by atoms with Crippen molar-refractivity contribution < 1.29 is 4.74 Å². The Kier molecular flexibility index (Phi) is 7.53. The van der Waals surface area contributed by atoms with E-state index in [1.54, 1.807) is 0 Å². The van der Waals surface area contributed by atoms with E-state index in [0.717, 1.165) is 24.8 Å². The van der Waals surface area contributed by atoms with Crippen LogP contribution >= 0.6 is 0 Å². The third-order valence-corrected chi connectivity index (χ3v) is 4.18. The first kappa shape index (κ1) is 19.8. The van der Waals surface area contributed by atoms with Crippen LogP contribution < -0.4 is 10.1 Å². The second-order valence-corrected chi connectivity index (χ2v) is 6.67. The van der Waals surface area contributed by atoms with Crippen molar-refractivity contribution in [3.05, 3.63) is 53.9 Å². The van der Waals surface area contributed by atoms with Crippen molar-refractivity contribution in [1.29, 1.82) is 0 Å². The van der Waals surface area contributed by atoms with Crippen LogP contribution in [0.25, 0.3) is 0 Å². The zero-order valence-electron chi connectivity index (χ0n) is 16.6. The Bertz CT molecular complexity index is 708. The second kappa shape index (κ2) is 9.87. The van der Waals surface area contributed by atoms with Gasteiger partial charge in [0.15, 0.2) is 5.96 Å². The molecule has 1 heterocycles. The molecule has 0 aliphatic carbocycles. The van der Waals surface area contributed by atoms with Crippen molar-refractivity contribution in [2.75, 3.05) is 41.3 Å². The molecule has 26 heavy (non-hydrogen) atoms. The molecule has 2 aromatic rings. The maximum absolute atomic E-state index is 5.81. The van der Waals surface area contributed by atoms with E-state index in [9.17, 15) is 0 Å². The van der Waals surface area contributed by atoms with Gasteiger partial charge < -0.3 is 24.4 Å². The number of aromatic nitrogens is 1. The number of ether oxygens (including phenoxy) is 1. The van der Waals surface area contributed by atoms with E-state index in [0.29, 0.717) is 13.2 Å². The SMILES string of the molecule is CN=C(NCc1cccc(OCCN(C)C)c1)N(C)Cc1cccn1C. The third kappa shape index (κ3) is 6.11. The molecule has 6 nitrogen and oxygen atoms in total. The van der Waals surface area contributed by atoms with E-state index in [-0.39, 0.29) is 0 Å². The van der Waals surface area contributed by atoms with Gasteiger partial charge in [0.2, 0.25) is 0 Å². The van der Waals surface area contributed by atoms with Crippen LogP contribution in [0.3, 0.4) is 0 Å². The van der Waals surface area contributed by atoms with Gasteiger partial charge >= 0.3 is 0 Å². The maximum Gasteiger partial charge on any atom is 0.194 e. The highest BCUT2D eigenvalue weighted by Gasteiger charge is 2.08. The molecule has 0 aliphatic heterocycles. The molecule has 0 bridgehead atoms. The summed E-state index contributed by atoms with van der Waals surface area (Å²) in [5, 5.41) is 3.42. The van der Waals surface area contributed by atoms with Crippen molar-refractivity contribution in [1.82, 2.24) is 19.7 Å². The highest BCUT2D eigenvalue weighted by atomic mass is 16.5. The van der Waals surface area contributed by atoms with E-state index in [4.69, 9.17) is 4.74 Å². The molecule has 0 atom stereocenters. The zero-order chi connectivity index (χ0) is 18.9. The summed E-state index contributed by atoms with van der Waals surface area (Å²) in [5.41, 5.74) is 2.41. The van der Waals surface area contributed by atoms with Gasteiger partial charge in [-0.1, -0.05) is 12.1 Å². The molecular formula is C20H31N5O. The monoisotopic (exact) mass is 357 g/mol. The topological polar surface area (TPSA) is 45.0 Å². The normalized spacial score (nSPS) is 11.7. The number of likely N-dealkylation sites (N-methyl/N-ethyl adjacent to an activating group) is 1. The molecule has 0 fully saturated rings. The van der Waals surface area contributed by atoms with Crippen LogP contribution in [-0.4, -0.2) is 61.7 Å². The van der Waals surface area contributed by atoms with E-state index < -0.39 is 0 Å². The molecule has 0 radical (unpaired) electrons. The number of rotatable bonds is 8. The Morgan fingerprint density at radius 3 is 2.65 bits per heavy atom. The Labute approximate surface area is 157 Å². The van der Waals surface area contributed by atoms with E-state index in [2.05, 4.69) is 62.2 Å². The molecule has 142 valence electrons. The largest absolute Gasteiger partial charge is 0.492 e. The van der Waals surface area contributed by atoms with Crippen LogP contribution in [0, 0.1) is 0 Å². The number of aryl methyl sites for hydroxylation is 1. The van der Waals surface area contributed by atoms with Gasteiger partial charge in [-0.3, -0.25) is 4.99 Å². The Morgan fingerprint density at radius 1 is 1.19 bits per heavy atom. The quantitative estimate of drug-likeness (QED) is 0.581. The molecule has 6 heteroatoms. The smallest absolute Gasteiger partial charge is 0.194 e. The molecule has 0 saturated carbocycles. The molecular weight excluding hydrogens is 326 g/mol. The van der Waals surface area contributed by atoms with E-state index in [1.165, 1.54) is 11.3 Å². The molecule has 0 amide bonds. The lowest BCUT2D eigenvalue weighted by atomic mass is 10.2. The highest BCUT2D eigenvalue weighted by molar-refractivity contribution is 5.79. The van der Waals surface area contributed by atoms with Crippen molar-refractivity contribution in [2.45, 2.75) is 13.1 Å². The summed E-state index contributed by atoms with van der Waals surface area (Å²) in [6, 6.07) is 12.4. The fourth-order valence-corrected chi connectivity index (χ4v) is 2.64. The molecule has 1 N–H and O–H groups in total. The van der Waals surface area contributed by atoms with Crippen LogP contribution in [0.1, 0.15) is 11.3 Å². The van der Waals surface area contributed by atoms with Gasteiger partial charge in [-0.15, -0.1) is 0 Å². The van der Waals surface area contributed by atoms with Crippen molar-refractivity contribution in [2.24, 2.45) is 12.0 Å². The predicted molar refractivity (Wildman–Crippen MR) is 108 cm³/mol. The van der Waals surface area contributed by atoms with Gasteiger partial charge in [-0.05, 0) is 43.9 Å². The lowest BCUT2D eigenvalue weighted by Gasteiger charge is -2.22. The summed E-state index contributed by atoms with van der Waals surface area (Å²) in [4.78, 5) is 8.62. The van der Waals surface area contributed by atoms with Crippen molar-refractivity contribution in [3.8, 4) is 5.75 Å². The third-order valence-electron chi connectivity index (χ3n) is 4.18. The van der Waals surface area contributed by atoms with Gasteiger partial charge in [-0.25, -0.2) is 0 Å². The number of hydrogen-bond donors (Lipinski definition) is 1. The summed E-state index contributed by atoms with van der Waals surface area (Å²) < 4.78 is 7.93. The Hall–Kier alpha value is -2.47. The lowest BCUT2D eigenvalue weighted by molar-refractivity contribution is 0.261. The molecule has 0 unspecified atom stereocenters. The first-order chi connectivity index (χ1) is 12.5. The van der Waals surface area contributed by atoms with Gasteiger partial charge in [0, 0.05) is 46.1 Å². The van der Waals surface area contributed by atoms with Crippen LogP contribution in [0.15, 0.2) is 47.6 Å². The average molecular weight is 358 g/mol. The standard InChI is InChI=1S/C20H31N5O/c1-21-20(25(5)16-18-9-7-11-24(18)4)22-15-17-8-6-10-19(14-17)26-13-12-23(2)3/h6-11,14H,12-13,15-16H2,1-5H3,(H,21,22). The Morgan fingerprint density at radius 2 is 2.00 bits per heavy atom. The van der Waals surface area contributed by atoms with Crippen LogP contribution in [-0.2, 0) is 20.1 Å². The first-order valence-corrected chi connectivity index (χ1v) is 8.88. The lowest BCUT2D eigenvalue weighted by Crippen LogP contribution is -2.38.